The van der Waals surface area contributed by atoms with E-state index in [1.807, 2.05) is 24.3 Å². The fraction of sp³-hybridized carbons (Fsp3) is 0.304. The van der Waals surface area contributed by atoms with E-state index >= 15 is 0 Å². The van der Waals surface area contributed by atoms with E-state index in [9.17, 15) is 18.0 Å². The summed E-state index contributed by atoms with van der Waals surface area (Å²) in [6.07, 6.45) is 1.58. The van der Waals surface area contributed by atoms with Gasteiger partial charge in [0.2, 0.25) is 15.8 Å². The number of methoxy groups -OCH3 is 1. The molecule has 1 aliphatic heterocycles. The van der Waals surface area contributed by atoms with Crippen LogP contribution in [0.1, 0.15) is 39.3 Å². The third kappa shape index (κ3) is 4.01. The van der Waals surface area contributed by atoms with Gasteiger partial charge in [-0.15, -0.1) is 0 Å². The summed E-state index contributed by atoms with van der Waals surface area (Å²) >= 11 is 0. The number of H-pyrrole nitrogens is 1. The van der Waals surface area contributed by atoms with Crippen molar-refractivity contribution in [3.63, 3.8) is 0 Å². The molecule has 1 aromatic heterocycles. The Bertz CT molecular complexity index is 1290. The molecule has 2 heterocycles. The molecule has 0 aliphatic carbocycles. The van der Waals surface area contributed by atoms with Crippen LogP contribution in [0.4, 0.5) is 0 Å². The Morgan fingerprint density at radius 3 is 2.53 bits per heavy atom. The van der Waals surface area contributed by atoms with E-state index in [1.165, 1.54) is 29.6 Å². The van der Waals surface area contributed by atoms with Gasteiger partial charge in [0.05, 0.1) is 12.7 Å². The van der Waals surface area contributed by atoms with Crippen LogP contribution < -0.4 is 4.74 Å². The standard InChI is InChI=1S/C23H24N2O6S/c1-15-22(17-7-3-4-8-18(17)24-15)19(26)14-31-23(27)16-9-10-20(30-2)21(13-16)32(28,29)25-11-5-6-12-25/h3-4,7-10,13,24H,5-6,11-12,14H2,1-2H3. The highest BCUT2D eigenvalue weighted by atomic mass is 32.2. The number of nitrogens with one attached hydrogen (secondary N) is 1. The Kier molecular flexibility index (Phi) is 6.03. The molecule has 0 atom stereocenters. The van der Waals surface area contributed by atoms with Crippen LogP contribution in [0.15, 0.2) is 47.4 Å². The molecule has 1 aliphatic rings. The summed E-state index contributed by atoms with van der Waals surface area (Å²) in [5.41, 5.74) is 2.02. The van der Waals surface area contributed by atoms with Gasteiger partial charge in [-0.2, -0.15) is 4.31 Å². The van der Waals surface area contributed by atoms with Gasteiger partial charge in [-0.05, 0) is 44.0 Å². The first-order valence-electron chi connectivity index (χ1n) is 10.3. The molecule has 0 amide bonds. The molecule has 168 valence electrons. The van der Waals surface area contributed by atoms with E-state index in [4.69, 9.17) is 9.47 Å². The van der Waals surface area contributed by atoms with Gasteiger partial charge in [-0.1, -0.05) is 18.2 Å². The third-order valence-corrected chi connectivity index (χ3v) is 7.51. The number of ketones is 1. The number of benzene rings is 2. The molecule has 1 fully saturated rings. The maximum atomic E-state index is 13.0. The first kappa shape index (κ1) is 22.0. The summed E-state index contributed by atoms with van der Waals surface area (Å²) < 4.78 is 37.8. The number of carbonyl (C=O) groups excluding carboxylic acids is 2. The van der Waals surface area contributed by atoms with Crippen LogP contribution in [-0.4, -0.2) is 56.3 Å². The SMILES string of the molecule is COc1ccc(C(=O)OCC(=O)c2c(C)[nH]c3ccccc23)cc1S(=O)(=O)N1CCCC1. The molecule has 1 saturated heterocycles. The lowest BCUT2D eigenvalue weighted by Crippen LogP contribution is -2.28. The van der Waals surface area contributed by atoms with Crippen LogP contribution in [0.2, 0.25) is 0 Å². The molecule has 0 bridgehead atoms. The number of carbonyl (C=O) groups is 2. The average molecular weight is 457 g/mol. The second kappa shape index (κ2) is 8.76. The zero-order chi connectivity index (χ0) is 22.9. The van der Waals surface area contributed by atoms with Crippen molar-refractivity contribution < 1.29 is 27.5 Å². The minimum Gasteiger partial charge on any atom is -0.495 e. The highest BCUT2D eigenvalue weighted by Crippen LogP contribution is 2.30. The number of aromatic nitrogens is 1. The van der Waals surface area contributed by atoms with E-state index in [1.54, 1.807) is 6.92 Å². The molecular weight excluding hydrogens is 432 g/mol. The van der Waals surface area contributed by atoms with Crippen LogP contribution in [0.3, 0.4) is 0 Å². The second-order valence-corrected chi connectivity index (χ2v) is 9.55. The van der Waals surface area contributed by atoms with Gasteiger partial charge >= 0.3 is 5.97 Å². The zero-order valence-electron chi connectivity index (χ0n) is 17.9. The first-order valence-corrected chi connectivity index (χ1v) is 11.7. The minimum absolute atomic E-state index is 0.0343. The van der Waals surface area contributed by atoms with Gasteiger partial charge in [0.15, 0.2) is 6.61 Å². The van der Waals surface area contributed by atoms with Crippen molar-refractivity contribution in [3.8, 4) is 5.75 Å². The number of fused-ring (bicyclic) bond motifs is 1. The number of aryl methyl sites for hydroxylation is 1. The van der Waals surface area contributed by atoms with Gasteiger partial charge in [0.25, 0.3) is 0 Å². The van der Waals surface area contributed by atoms with Crippen LogP contribution in [0.5, 0.6) is 5.75 Å². The quantitative estimate of drug-likeness (QED) is 0.432. The van der Waals surface area contributed by atoms with Gasteiger partial charge in [0.1, 0.15) is 10.6 Å². The van der Waals surface area contributed by atoms with E-state index in [0.29, 0.717) is 24.3 Å². The number of hydrogen-bond acceptors (Lipinski definition) is 6. The van der Waals surface area contributed by atoms with Crippen molar-refractivity contribution >= 4 is 32.7 Å². The molecule has 0 unspecified atom stereocenters. The summed E-state index contributed by atoms with van der Waals surface area (Å²) in [7, 11) is -2.43. The van der Waals surface area contributed by atoms with Crippen molar-refractivity contribution in [2.75, 3.05) is 26.8 Å². The third-order valence-electron chi connectivity index (χ3n) is 5.59. The molecule has 8 nitrogen and oxygen atoms in total. The lowest BCUT2D eigenvalue weighted by molar-refractivity contribution is 0.0474. The van der Waals surface area contributed by atoms with Crippen molar-refractivity contribution in [2.45, 2.75) is 24.7 Å². The number of aromatic amines is 1. The number of Topliss-reactive ketones (excluding diaryl/α,β-unsaturated/α-hetero) is 1. The number of sulfonamides is 1. The molecule has 0 saturated carbocycles. The topological polar surface area (TPSA) is 106 Å². The lowest BCUT2D eigenvalue weighted by Gasteiger charge is -2.18. The predicted molar refractivity (Wildman–Crippen MR) is 119 cm³/mol. The number of ether oxygens (including phenoxy) is 2. The summed E-state index contributed by atoms with van der Waals surface area (Å²) in [6, 6.07) is 11.5. The van der Waals surface area contributed by atoms with Crippen LogP contribution in [0.25, 0.3) is 10.9 Å². The minimum atomic E-state index is -3.80. The molecule has 2 aromatic carbocycles. The monoisotopic (exact) mass is 456 g/mol. The molecule has 0 spiro atoms. The fourth-order valence-corrected chi connectivity index (χ4v) is 5.69. The average Bonchev–Trinajstić information content (AvgIpc) is 3.44. The van der Waals surface area contributed by atoms with E-state index in [0.717, 1.165) is 23.7 Å². The van der Waals surface area contributed by atoms with Crippen LogP contribution in [-0.2, 0) is 14.8 Å². The Balaban J connectivity index is 1.55. The molecule has 0 radical (unpaired) electrons. The Hall–Kier alpha value is -3.17. The van der Waals surface area contributed by atoms with E-state index < -0.39 is 22.6 Å². The second-order valence-electron chi connectivity index (χ2n) is 7.65. The Morgan fingerprint density at radius 2 is 1.81 bits per heavy atom. The molecule has 9 heteroatoms. The number of nitrogens with zero attached hydrogens (tertiary/aromatic N) is 1. The largest absolute Gasteiger partial charge is 0.495 e. The summed E-state index contributed by atoms with van der Waals surface area (Å²) in [5.74, 6) is -0.970. The van der Waals surface area contributed by atoms with Gasteiger partial charge in [-0.3, -0.25) is 4.79 Å². The van der Waals surface area contributed by atoms with E-state index in [2.05, 4.69) is 4.98 Å². The zero-order valence-corrected chi connectivity index (χ0v) is 18.7. The highest BCUT2D eigenvalue weighted by Gasteiger charge is 2.31. The van der Waals surface area contributed by atoms with Crippen molar-refractivity contribution in [1.29, 1.82) is 0 Å². The lowest BCUT2D eigenvalue weighted by atomic mass is 10.1. The summed E-state index contributed by atoms with van der Waals surface area (Å²) in [6.45, 7) is 2.19. The fourth-order valence-electron chi connectivity index (χ4n) is 4.00. The van der Waals surface area contributed by atoms with Crippen molar-refractivity contribution in [1.82, 2.24) is 9.29 Å². The van der Waals surface area contributed by atoms with Gasteiger partial charge in [0, 0.05) is 35.2 Å². The number of rotatable bonds is 7. The maximum Gasteiger partial charge on any atom is 0.338 e. The maximum absolute atomic E-state index is 13.0. The smallest absolute Gasteiger partial charge is 0.338 e. The summed E-state index contributed by atoms with van der Waals surface area (Å²) in [5, 5.41) is 0.759. The number of esters is 1. The Morgan fingerprint density at radius 1 is 1.09 bits per heavy atom. The first-order chi connectivity index (χ1) is 15.3. The van der Waals surface area contributed by atoms with Crippen LogP contribution in [0, 0.1) is 6.92 Å². The normalized spacial score (nSPS) is 14.6. The number of hydrogen-bond donors (Lipinski definition) is 1. The molecule has 3 aromatic rings. The molecule has 4 rings (SSSR count). The predicted octanol–water partition coefficient (Wildman–Crippen LogP) is 3.31. The highest BCUT2D eigenvalue weighted by molar-refractivity contribution is 7.89. The van der Waals surface area contributed by atoms with Crippen molar-refractivity contribution in [3.05, 3.63) is 59.3 Å². The Labute approximate surface area is 186 Å². The van der Waals surface area contributed by atoms with Crippen LogP contribution >= 0.6 is 0 Å². The van der Waals surface area contributed by atoms with E-state index in [-0.39, 0.29) is 22.0 Å². The van der Waals surface area contributed by atoms with Gasteiger partial charge in [-0.25, -0.2) is 13.2 Å². The molecule has 1 N–H and O–H groups in total. The molecular formula is C23H24N2O6S. The van der Waals surface area contributed by atoms with Gasteiger partial charge < -0.3 is 14.5 Å². The van der Waals surface area contributed by atoms with Crippen molar-refractivity contribution in [2.24, 2.45) is 0 Å². The summed E-state index contributed by atoms with van der Waals surface area (Å²) in [4.78, 5) is 28.4. The molecule has 32 heavy (non-hydrogen) atoms. The number of para-hydroxylation sites is 1.